The number of carboxylic acids is 1. The molecular weight excluding hydrogens is 456 g/mol. The normalized spacial score (nSPS) is 11.6. The predicted molar refractivity (Wildman–Crippen MR) is 125 cm³/mol. The Morgan fingerprint density at radius 3 is 2.44 bits per heavy atom. The third kappa shape index (κ3) is 7.21. The highest BCUT2D eigenvalue weighted by atomic mass is 35.5. The lowest BCUT2D eigenvalue weighted by atomic mass is 10.2. The Bertz CT molecular complexity index is 1030. The van der Waals surface area contributed by atoms with Gasteiger partial charge in [-0.15, -0.1) is 11.8 Å². The number of amides is 2. The molecule has 0 aliphatic heterocycles. The van der Waals surface area contributed by atoms with E-state index >= 15 is 0 Å². The number of carbonyl (C=O) groups excluding carboxylic acids is 2. The molecule has 2 rings (SSSR count). The van der Waals surface area contributed by atoms with Gasteiger partial charge in [0.05, 0.1) is 30.2 Å². The van der Waals surface area contributed by atoms with Gasteiger partial charge in [-0.25, -0.2) is 4.79 Å². The minimum atomic E-state index is -1.21. The molecular formula is C22H23ClN2O6S. The third-order valence-electron chi connectivity index (χ3n) is 4.15. The van der Waals surface area contributed by atoms with E-state index < -0.39 is 17.1 Å². The standard InChI is InChI=1S/C22H23ClN2O6S/c1-4-19(22(29)25-16-11-15(23)17(30-2)12-18(16)31-3)32-14-7-5-6-13(10-14)24-20(26)8-9-21(27)28/h5-12,19H,4H2,1-3H3,(H,24,26)(H,25,29)(H,27,28)/b9-8+. The van der Waals surface area contributed by atoms with Crippen LogP contribution in [0.25, 0.3) is 0 Å². The summed E-state index contributed by atoms with van der Waals surface area (Å²) in [6.07, 6.45) is 2.23. The molecule has 0 aliphatic carbocycles. The molecule has 0 fully saturated rings. The van der Waals surface area contributed by atoms with Crippen molar-refractivity contribution >= 4 is 52.5 Å². The van der Waals surface area contributed by atoms with E-state index in [1.165, 1.54) is 26.0 Å². The van der Waals surface area contributed by atoms with Gasteiger partial charge >= 0.3 is 5.97 Å². The molecule has 2 aromatic rings. The van der Waals surface area contributed by atoms with E-state index in [0.29, 0.717) is 34.3 Å². The highest BCUT2D eigenvalue weighted by Gasteiger charge is 2.21. The molecule has 0 heterocycles. The van der Waals surface area contributed by atoms with Crippen LogP contribution >= 0.6 is 23.4 Å². The third-order valence-corrected chi connectivity index (χ3v) is 5.81. The van der Waals surface area contributed by atoms with E-state index in [9.17, 15) is 14.4 Å². The molecule has 3 N–H and O–H groups in total. The van der Waals surface area contributed by atoms with Crippen molar-refractivity contribution in [3.05, 3.63) is 53.6 Å². The zero-order valence-corrected chi connectivity index (χ0v) is 19.3. The fraction of sp³-hybridized carbons (Fsp3) is 0.227. The molecule has 0 spiro atoms. The van der Waals surface area contributed by atoms with Crippen LogP contribution in [-0.2, 0) is 14.4 Å². The SMILES string of the molecule is CCC(Sc1cccc(NC(=O)/C=C/C(=O)O)c1)C(=O)Nc1cc(Cl)c(OC)cc1OC. The van der Waals surface area contributed by atoms with Crippen LogP contribution in [0.3, 0.4) is 0 Å². The quantitative estimate of drug-likeness (QED) is 0.341. The molecule has 0 saturated carbocycles. The fourth-order valence-corrected chi connectivity index (χ4v) is 3.89. The number of ether oxygens (including phenoxy) is 2. The Hall–Kier alpha value is -3.17. The lowest BCUT2D eigenvalue weighted by Crippen LogP contribution is -2.24. The van der Waals surface area contributed by atoms with E-state index in [0.717, 1.165) is 17.0 Å². The van der Waals surface area contributed by atoms with E-state index in [2.05, 4.69) is 10.6 Å². The summed E-state index contributed by atoms with van der Waals surface area (Å²) < 4.78 is 10.5. The molecule has 0 aliphatic rings. The van der Waals surface area contributed by atoms with Gasteiger partial charge in [0.15, 0.2) is 0 Å². The van der Waals surface area contributed by atoms with Crippen molar-refractivity contribution in [2.24, 2.45) is 0 Å². The molecule has 32 heavy (non-hydrogen) atoms. The number of nitrogens with one attached hydrogen (secondary N) is 2. The monoisotopic (exact) mass is 478 g/mol. The van der Waals surface area contributed by atoms with Gasteiger partial charge in [0, 0.05) is 28.8 Å². The number of rotatable bonds is 10. The summed E-state index contributed by atoms with van der Waals surface area (Å²) in [5, 5.41) is 13.9. The molecule has 0 aromatic heterocycles. The smallest absolute Gasteiger partial charge is 0.328 e. The van der Waals surface area contributed by atoms with Crippen molar-refractivity contribution in [1.29, 1.82) is 0 Å². The highest BCUT2D eigenvalue weighted by Crippen LogP contribution is 2.37. The number of aliphatic carboxylic acids is 1. The van der Waals surface area contributed by atoms with Crippen molar-refractivity contribution in [3.63, 3.8) is 0 Å². The first-order valence-electron chi connectivity index (χ1n) is 9.48. The number of methoxy groups -OCH3 is 2. The van der Waals surface area contributed by atoms with Crippen molar-refractivity contribution in [2.75, 3.05) is 24.9 Å². The Morgan fingerprint density at radius 1 is 1.09 bits per heavy atom. The van der Waals surface area contributed by atoms with Gasteiger partial charge in [0.2, 0.25) is 11.8 Å². The number of hydrogen-bond acceptors (Lipinski definition) is 6. The van der Waals surface area contributed by atoms with E-state index in [1.54, 1.807) is 30.3 Å². The molecule has 8 nitrogen and oxygen atoms in total. The van der Waals surface area contributed by atoms with Crippen molar-refractivity contribution in [2.45, 2.75) is 23.5 Å². The van der Waals surface area contributed by atoms with Gasteiger partial charge in [0.25, 0.3) is 0 Å². The summed E-state index contributed by atoms with van der Waals surface area (Å²) in [7, 11) is 2.97. The molecule has 1 unspecified atom stereocenters. The van der Waals surface area contributed by atoms with Crippen LogP contribution in [0.15, 0.2) is 53.4 Å². The van der Waals surface area contributed by atoms with E-state index in [1.807, 2.05) is 13.0 Å². The first-order chi connectivity index (χ1) is 15.3. The lowest BCUT2D eigenvalue weighted by Gasteiger charge is -2.17. The van der Waals surface area contributed by atoms with Crippen LogP contribution in [0.4, 0.5) is 11.4 Å². The zero-order valence-electron chi connectivity index (χ0n) is 17.7. The molecule has 2 aromatic carbocycles. The second-order valence-electron chi connectivity index (χ2n) is 6.38. The van der Waals surface area contributed by atoms with Crippen LogP contribution in [0.2, 0.25) is 5.02 Å². The number of benzene rings is 2. The second kappa shape index (κ2) is 12.0. The maximum atomic E-state index is 12.9. The van der Waals surface area contributed by atoms with Crippen LogP contribution in [0, 0.1) is 0 Å². The average Bonchev–Trinajstić information content (AvgIpc) is 2.76. The Labute approximate surface area is 194 Å². The largest absolute Gasteiger partial charge is 0.495 e. The van der Waals surface area contributed by atoms with Gasteiger partial charge in [-0.1, -0.05) is 24.6 Å². The minimum Gasteiger partial charge on any atom is -0.495 e. The summed E-state index contributed by atoms with van der Waals surface area (Å²) in [6.45, 7) is 1.89. The number of hydrogen-bond donors (Lipinski definition) is 3. The summed E-state index contributed by atoms with van der Waals surface area (Å²) in [6, 6.07) is 10.1. The van der Waals surface area contributed by atoms with Crippen molar-refractivity contribution in [1.82, 2.24) is 0 Å². The van der Waals surface area contributed by atoms with Crippen molar-refractivity contribution in [3.8, 4) is 11.5 Å². The first kappa shape index (κ1) is 25.1. The number of anilines is 2. The van der Waals surface area contributed by atoms with Crippen LogP contribution in [0.5, 0.6) is 11.5 Å². The van der Waals surface area contributed by atoms with E-state index in [4.69, 9.17) is 26.2 Å². The summed E-state index contributed by atoms with van der Waals surface area (Å²) in [5.41, 5.74) is 0.905. The number of thioether (sulfide) groups is 1. The number of halogens is 1. The summed E-state index contributed by atoms with van der Waals surface area (Å²) in [4.78, 5) is 36.0. The van der Waals surface area contributed by atoms with E-state index in [-0.39, 0.29) is 5.91 Å². The molecule has 1 atom stereocenters. The predicted octanol–water partition coefficient (Wildman–Crippen LogP) is 4.45. The molecule has 170 valence electrons. The second-order valence-corrected chi connectivity index (χ2v) is 8.06. The van der Waals surface area contributed by atoms with Crippen LogP contribution < -0.4 is 20.1 Å². The summed E-state index contributed by atoms with van der Waals surface area (Å²) in [5.74, 6) is -1.17. The van der Waals surface area contributed by atoms with Gasteiger partial charge in [-0.3, -0.25) is 9.59 Å². The van der Waals surface area contributed by atoms with Crippen molar-refractivity contribution < 1.29 is 29.0 Å². The summed E-state index contributed by atoms with van der Waals surface area (Å²) >= 11 is 7.50. The van der Waals surface area contributed by atoms with Gasteiger partial charge in [-0.2, -0.15) is 0 Å². The molecule has 0 saturated heterocycles. The number of carbonyl (C=O) groups is 3. The molecule has 0 radical (unpaired) electrons. The highest BCUT2D eigenvalue weighted by molar-refractivity contribution is 8.00. The maximum Gasteiger partial charge on any atom is 0.328 e. The maximum absolute atomic E-state index is 12.9. The minimum absolute atomic E-state index is 0.240. The lowest BCUT2D eigenvalue weighted by molar-refractivity contribution is -0.131. The Balaban J connectivity index is 2.12. The first-order valence-corrected chi connectivity index (χ1v) is 10.7. The molecule has 2 amide bonds. The zero-order chi connectivity index (χ0) is 23.7. The van der Waals surface area contributed by atoms with Crippen LogP contribution in [-0.4, -0.2) is 42.4 Å². The molecule has 10 heteroatoms. The molecule has 0 bridgehead atoms. The Morgan fingerprint density at radius 2 is 1.81 bits per heavy atom. The van der Waals surface area contributed by atoms with Crippen LogP contribution in [0.1, 0.15) is 13.3 Å². The fourth-order valence-electron chi connectivity index (χ4n) is 2.64. The van der Waals surface area contributed by atoms with Gasteiger partial charge in [-0.05, 0) is 30.7 Å². The Kier molecular flexibility index (Phi) is 9.42. The average molecular weight is 479 g/mol. The topological polar surface area (TPSA) is 114 Å². The number of carboxylic acid groups (broad SMARTS) is 1. The van der Waals surface area contributed by atoms with Gasteiger partial charge < -0.3 is 25.2 Å². The van der Waals surface area contributed by atoms with Gasteiger partial charge in [0.1, 0.15) is 11.5 Å².